The van der Waals surface area contributed by atoms with Crippen LogP contribution in [0.1, 0.15) is 12.5 Å². The number of anilines is 2. The van der Waals surface area contributed by atoms with Gasteiger partial charge in [-0.3, -0.25) is 14.5 Å². The molecule has 2 aromatic carbocycles. The Bertz CT molecular complexity index is 932. The summed E-state index contributed by atoms with van der Waals surface area (Å²) in [5, 5.41) is 2.29. The quantitative estimate of drug-likeness (QED) is 0.841. The lowest BCUT2D eigenvalue weighted by atomic mass is 10.0. The lowest BCUT2D eigenvalue weighted by Gasteiger charge is -2.32. The van der Waals surface area contributed by atoms with Gasteiger partial charge in [-0.1, -0.05) is 18.2 Å². The lowest BCUT2D eigenvalue weighted by molar-refractivity contribution is -0.274. The lowest BCUT2D eigenvalue weighted by Crippen LogP contribution is -2.47. The summed E-state index contributed by atoms with van der Waals surface area (Å²) in [4.78, 5) is 25.8. The number of ether oxygens (including phenoxy) is 1. The predicted molar refractivity (Wildman–Crippen MR) is 94.4 cm³/mol. The normalized spacial score (nSPS) is 24.3. The molecule has 0 aliphatic carbocycles. The van der Waals surface area contributed by atoms with Gasteiger partial charge in [0, 0.05) is 16.9 Å². The molecule has 2 amide bonds. The number of hydrogen-bond acceptors (Lipinski definition) is 4. The number of rotatable bonds is 2. The number of thioether (sulfide) groups is 1. The van der Waals surface area contributed by atoms with Crippen LogP contribution in [0.5, 0.6) is 5.75 Å². The molecule has 2 aliphatic heterocycles. The van der Waals surface area contributed by atoms with Crippen molar-refractivity contribution < 1.29 is 27.5 Å². The van der Waals surface area contributed by atoms with Gasteiger partial charge in [0.1, 0.15) is 5.75 Å². The van der Waals surface area contributed by atoms with Gasteiger partial charge in [0.2, 0.25) is 10.8 Å². The van der Waals surface area contributed by atoms with E-state index in [2.05, 4.69) is 10.1 Å². The summed E-state index contributed by atoms with van der Waals surface area (Å²) < 4.78 is 41.0. The van der Waals surface area contributed by atoms with E-state index in [1.165, 1.54) is 28.8 Å². The van der Waals surface area contributed by atoms with E-state index in [1.54, 1.807) is 31.2 Å². The summed E-state index contributed by atoms with van der Waals surface area (Å²) in [5.74, 6) is -1.05. The molecule has 0 bridgehead atoms. The van der Waals surface area contributed by atoms with Crippen LogP contribution >= 0.6 is 11.8 Å². The van der Waals surface area contributed by atoms with Crippen molar-refractivity contribution in [3.8, 4) is 5.75 Å². The number of fused-ring (bicyclic) bond motifs is 2. The van der Waals surface area contributed by atoms with Gasteiger partial charge in [-0.05, 0) is 37.3 Å². The molecule has 2 aromatic rings. The minimum Gasteiger partial charge on any atom is -0.406 e. The molecule has 27 heavy (non-hydrogen) atoms. The minimum atomic E-state index is -4.80. The van der Waals surface area contributed by atoms with E-state index >= 15 is 0 Å². The third kappa shape index (κ3) is 2.73. The molecule has 2 aliphatic rings. The van der Waals surface area contributed by atoms with Crippen LogP contribution in [0, 0.1) is 0 Å². The molecule has 2 atom stereocenters. The molecular weight excluding hydrogens is 381 g/mol. The van der Waals surface area contributed by atoms with E-state index in [-0.39, 0.29) is 11.8 Å². The van der Waals surface area contributed by atoms with Crippen LogP contribution in [0.2, 0.25) is 0 Å². The number of carbonyl (C=O) groups excluding carboxylic acids is 2. The SMILES string of the molecule is CC1SC2(C(=O)Nc3ccccc32)N(c2ccc(OC(F)(F)F)cc2)C1=O. The number of halogens is 3. The van der Waals surface area contributed by atoms with Crippen LogP contribution in [0.15, 0.2) is 48.5 Å². The molecule has 1 N–H and O–H groups in total. The molecule has 9 heteroatoms. The van der Waals surface area contributed by atoms with E-state index in [9.17, 15) is 22.8 Å². The second-order valence-electron chi connectivity index (χ2n) is 6.12. The van der Waals surface area contributed by atoms with Crippen molar-refractivity contribution in [1.82, 2.24) is 0 Å². The van der Waals surface area contributed by atoms with Gasteiger partial charge in [-0.15, -0.1) is 24.9 Å². The Hall–Kier alpha value is -2.68. The number of para-hydroxylation sites is 1. The monoisotopic (exact) mass is 394 g/mol. The van der Waals surface area contributed by atoms with Crippen LogP contribution < -0.4 is 15.0 Å². The third-order valence-corrected chi connectivity index (χ3v) is 5.89. The molecule has 0 aromatic heterocycles. The number of carbonyl (C=O) groups is 2. The fourth-order valence-corrected chi connectivity index (χ4v) is 4.84. The fraction of sp³-hybridized carbons (Fsp3) is 0.222. The second-order valence-corrected chi connectivity index (χ2v) is 7.65. The van der Waals surface area contributed by atoms with Crippen LogP contribution in [0.25, 0.3) is 0 Å². The highest BCUT2D eigenvalue weighted by Crippen LogP contribution is 2.56. The molecule has 2 heterocycles. The van der Waals surface area contributed by atoms with Gasteiger partial charge >= 0.3 is 6.36 Å². The maximum Gasteiger partial charge on any atom is 0.573 e. The zero-order chi connectivity index (χ0) is 19.4. The topological polar surface area (TPSA) is 58.6 Å². The predicted octanol–water partition coefficient (Wildman–Crippen LogP) is 3.86. The molecule has 1 fully saturated rings. The summed E-state index contributed by atoms with van der Waals surface area (Å²) in [6.45, 7) is 1.70. The van der Waals surface area contributed by atoms with Crippen molar-refractivity contribution in [2.75, 3.05) is 10.2 Å². The van der Waals surface area contributed by atoms with Crippen molar-refractivity contribution in [1.29, 1.82) is 0 Å². The molecule has 4 rings (SSSR count). The smallest absolute Gasteiger partial charge is 0.406 e. The molecule has 0 saturated carbocycles. The van der Waals surface area contributed by atoms with Crippen molar-refractivity contribution in [3.63, 3.8) is 0 Å². The van der Waals surface area contributed by atoms with E-state index in [4.69, 9.17) is 0 Å². The largest absolute Gasteiger partial charge is 0.573 e. The average Bonchev–Trinajstić information content (AvgIpc) is 3.02. The first kappa shape index (κ1) is 17.7. The van der Waals surface area contributed by atoms with Crippen LogP contribution in [-0.2, 0) is 14.5 Å². The Balaban J connectivity index is 1.79. The zero-order valence-corrected chi connectivity index (χ0v) is 14.7. The minimum absolute atomic E-state index is 0.295. The highest BCUT2D eigenvalue weighted by molar-refractivity contribution is 8.03. The molecular formula is C18H13F3N2O3S. The van der Waals surface area contributed by atoms with Crippen molar-refractivity contribution in [2.45, 2.75) is 23.4 Å². The zero-order valence-electron chi connectivity index (χ0n) is 13.9. The van der Waals surface area contributed by atoms with Gasteiger partial charge in [0.15, 0.2) is 0 Å². The Morgan fingerprint density at radius 3 is 2.44 bits per heavy atom. The Morgan fingerprint density at radius 2 is 1.78 bits per heavy atom. The molecule has 5 nitrogen and oxygen atoms in total. The first-order valence-corrected chi connectivity index (χ1v) is 8.89. The molecule has 0 radical (unpaired) electrons. The van der Waals surface area contributed by atoms with Crippen molar-refractivity contribution >= 4 is 35.0 Å². The Labute approximate surface area is 156 Å². The van der Waals surface area contributed by atoms with E-state index in [0.29, 0.717) is 16.9 Å². The summed E-state index contributed by atoms with van der Waals surface area (Å²) in [5.41, 5.74) is 1.57. The molecule has 1 saturated heterocycles. The van der Waals surface area contributed by atoms with Crippen LogP contribution in [0.3, 0.4) is 0 Å². The van der Waals surface area contributed by atoms with Gasteiger partial charge in [0.05, 0.1) is 5.25 Å². The number of nitrogens with one attached hydrogen (secondary N) is 1. The average molecular weight is 394 g/mol. The summed E-state index contributed by atoms with van der Waals surface area (Å²) in [7, 11) is 0. The van der Waals surface area contributed by atoms with Gasteiger partial charge in [0.25, 0.3) is 5.91 Å². The van der Waals surface area contributed by atoms with Gasteiger partial charge < -0.3 is 10.1 Å². The fourth-order valence-electron chi connectivity index (χ4n) is 3.36. The highest BCUT2D eigenvalue weighted by Gasteiger charge is 2.60. The van der Waals surface area contributed by atoms with Gasteiger partial charge in [-0.2, -0.15) is 0 Å². The van der Waals surface area contributed by atoms with E-state index in [1.807, 2.05) is 0 Å². The first-order valence-electron chi connectivity index (χ1n) is 8.01. The molecule has 2 unspecified atom stereocenters. The Kier molecular flexibility index (Phi) is 3.88. The highest BCUT2D eigenvalue weighted by atomic mass is 32.2. The maximum absolute atomic E-state index is 12.9. The summed E-state index contributed by atoms with van der Waals surface area (Å²) in [6, 6.07) is 12.0. The molecule has 1 spiro atoms. The summed E-state index contributed by atoms with van der Waals surface area (Å²) in [6.07, 6.45) is -4.80. The molecule has 140 valence electrons. The van der Waals surface area contributed by atoms with Crippen LogP contribution in [0.4, 0.5) is 24.5 Å². The number of alkyl halides is 3. The van der Waals surface area contributed by atoms with E-state index < -0.39 is 22.2 Å². The van der Waals surface area contributed by atoms with Crippen LogP contribution in [-0.4, -0.2) is 23.4 Å². The summed E-state index contributed by atoms with van der Waals surface area (Å²) >= 11 is 1.20. The number of hydrogen-bond donors (Lipinski definition) is 1. The van der Waals surface area contributed by atoms with Gasteiger partial charge in [-0.25, -0.2) is 0 Å². The Morgan fingerprint density at radius 1 is 1.11 bits per heavy atom. The number of amides is 2. The van der Waals surface area contributed by atoms with Crippen molar-refractivity contribution in [2.24, 2.45) is 0 Å². The number of benzene rings is 2. The first-order chi connectivity index (χ1) is 12.7. The van der Waals surface area contributed by atoms with Crippen molar-refractivity contribution in [3.05, 3.63) is 54.1 Å². The third-order valence-electron chi connectivity index (χ3n) is 4.41. The maximum atomic E-state index is 12.9. The standard InChI is InChI=1S/C18H13F3N2O3S/c1-10-15(24)23(11-6-8-12(9-7-11)26-18(19,20)21)17(27-10)13-4-2-3-5-14(13)22-16(17)25/h2-10H,1H3,(H,22,25). The van der Waals surface area contributed by atoms with E-state index in [0.717, 1.165) is 12.1 Å². The second kappa shape index (κ2) is 5.91. The number of nitrogens with zero attached hydrogens (tertiary/aromatic N) is 1.